The van der Waals surface area contributed by atoms with Gasteiger partial charge in [-0.15, -0.1) is 0 Å². The first-order valence-electron chi connectivity index (χ1n) is 6.38. The lowest BCUT2D eigenvalue weighted by atomic mass is 9.92. The molecule has 17 heavy (non-hydrogen) atoms. The van der Waals surface area contributed by atoms with Crippen molar-refractivity contribution in [2.24, 2.45) is 5.92 Å². The number of likely N-dealkylation sites (tertiary alicyclic amines) is 1. The zero-order valence-corrected chi connectivity index (χ0v) is 10.9. The second-order valence-electron chi connectivity index (χ2n) is 6.09. The number of ether oxygens (including phenoxy) is 1. The van der Waals surface area contributed by atoms with Gasteiger partial charge in [-0.2, -0.15) is 0 Å². The standard InChI is InChI=1S/C13H21NO3/c1-13(2,3)17-12(16)14-6-4-5-9-7-10(15)8-11(9)14/h9,11H,4-8H2,1-3H3/t9-,11+/m1/s1. The van der Waals surface area contributed by atoms with Crippen molar-refractivity contribution in [2.75, 3.05) is 6.54 Å². The number of carbonyl (C=O) groups is 2. The summed E-state index contributed by atoms with van der Waals surface area (Å²) in [5.74, 6) is 0.652. The van der Waals surface area contributed by atoms with E-state index in [0.29, 0.717) is 18.8 Å². The van der Waals surface area contributed by atoms with E-state index in [2.05, 4.69) is 0 Å². The van der Waals surface area contributed by atoms with E-state index in [0.717, 1.165) is 19.4 Å². The van der Waals surface area contributed by atoms with Crippen molar-refractivity contribution in [3.05, 3.63) is 0 Å². The van der Waals surface area contributed by atoms with E-state index in [1.54, 1.807) is 4.90 Å². The molecule has 2 rings (SSSR count). The van der Waals surface area contributed by atoms with Gasteiger partial charge in [-0.3, -0.25) is 4.79 Å². The maximum atomic E-state index is 12.1. The van der Waals surface area contributed by atoms with Crippen molar-refractivity contribution in [2.45, 2.75) is 58.1 Å². The number of hydrogen-bond donors (Lipinski definition) is 0. The van der Waals surface area contributed by atoms with E-state index in [1.807, 2.05) is 20.8 Å². The van der Waals surface area contributed by atoms with Gasteiger partial charge in [0.05, 0.1) is 0 Å². The molecule has 1 saturated carbocycles. The maximum Gasteiger partial charge on any atom is 0.410 e. The largest absolute Gasteiger partial charge is 0.444 e. The summed E-state index contributed by atoms with van der Waals surface area (Å²) in [6.45, 7) is 6.33. The van der Waals surface area contributed by atoms with Crippen LogP contribution in [0.15, 0.2) is 0 Å². The van der Waals surface area contributed by atoms with Crippen molar-refractivity contribution in [3.8, 4) is 0 Å². The minimum atomic E-state index is -0.466. The van der Waals surface area contributed by atoms with Crippen molar-refractivity contribution < 1.29 is 14.3 Å². The molecule has 1 aliphatic heterocycles. The van der Waals surface area contributed by atoms with Crippen LogP contribution in [0, 0.1) is 5.92 Å². The summed E-state index contributed by atoms with van der Waals surface area (Å²) in [5, 5.41) is 0. The van der Waals surface area contributed by atoms with Gasteiger partial charge in [0, 0.05) is 25.4 Å². The zero-order valence-electron chi connectivity index (χ0n) is 10.9. The first-order chi connectivity index (χ1) is 7.87. The Balaban J connectivity index is 2.05. The van der Waals surface area contributed by atoms with Crippen LogP contribution in [-0.4, -0.2) is 35.0 Å². The van der Waals surface area contributed by atoms with E-state index in [1.165, 1.54) is 0 Å². The van der Waals surface area contributed by atoms with Gasteiger partial charge in [-0.05, 0) is 39.5 Å². The molecule has 0 bridgehead atoms. The smallest absolute Gasteiger partial charge is 0.410 e. The minimum absolute atomic E-state index is 0.0890. The van der Waals surface area contributed by atoms with Gasteiger partial charge < -0.3 is 9.64 Å². The first-order valence-corrected chi connectivity index (χ1v) is 6.38. The topological polar surface area (TPSA) is 46.6 Å². The van der Waals surface area contributed by atoms with Gasteiger partial charge >= 0.3 is 6.09 Å². The molecule has 2 atom stereocenters. The normalized spacial score (nSPS) is 29.1. The van der Waals surface area contributed by atoms with Gasteiger partial charge in [-0.25, -0.2) is 4.79 Å². The molecule has 1 amide bonds. The number of nitrogens with zero attached hydrogens (tertiary/aromatic N) is 1. The number of Topliss-reactive ketones (excluding diaryl/α,β-unsaturated/α-hetero) is 1. The third-order valence-electron chi connectivity index (χ3n) is 3.47. The lowest BCUT2D eigenvalue weighted by Gasteiger charge is -2.37. The summed E-state index contributed by atoms with van der Waals surface area (Å²) in [5.41, 5.74) is -0.466. The number of hydrogen-bond acceptors (Lipinski definition) is 3. The quantitative estimate of drug-likeness (QED) is 0.652. The maximum absolute atomic E-state index is 12.1. The highest BCUT2D eigenvalue weighted by molar-refractivity contribution is 5.83. The number of piperidine rings is 1. The van der Waals surface area contributed by atoms with Crippen LogP contribution >= 0.6 is 0 Å². The molecular weight excluding hydrogens is 218 g/mol. The van der Waals surface area contributed by atoms with Crippen molar-refractivity contribution in [1.82, 2.24) is 4.90 Å². The number of rotatable bonds is 0. The van der Waals surface area contributed by atoms with Crippen LogP contribution in [0.1, 0.15) is 46.5 Å². The van der Waals surface area contributed by atoms with Crippen LogP contribution < -0.4 is 0 Å². The highest BCUT2D eigenvalue weighted by Gasteiger charge is 2.42. The Bertz CT molecular complexity index is 332. The summed E-state index contributed by atoms with van der Waals surface area (Å²) >= 11 is 0. The summed E-state index contributed by atoms with van der Waals surface area (Å²) < 4.78 is 5.40. The molecule has 2 fully saturated rings. The molecule has 0 aromatic heterocycles. The molecule has 96 valence electrons. The van der Waals surface area contributed by atoms with Gasteiger partial charge in [-0.1, -0.05) is 0 Å². The van der Waals surface area contributed by atoms with E-state index in [-0.39, 0.29) is 17.9 Å². The predicted octanol–water partition coefficient (Wildman–Crippen LogP) is 2.37. The second-order valence-corrected chi connectivity index (χ2v) is 6.09. The lowest BCUT2D eigenvalue weighted by Crippen LogP contribution is -2.48. The monoisotopic (exact) mass is 239 g/mol. The molecule has 1 aliphatic carbocycles. The highest BCUT2D eigenvalue weighted by atomic mass is 16.6. The van der Waals surface area contributed by atoms with Gasteiger partial charge in [0.1, 0.15) is 11.4 Å². The zero-order chi connectivity index (χ0) is 12.6. The minimum Gasteiger partial charge on any atom is -0.444 e. The Kier molecular flexibility index (Phi) is 3.15. The fraction of sp³-hybridized carbons (Fsp3) is 0.846. The number of amides is 1. The number of ketones is 1. The third kappa shape index (κ3) is 2.79. The van der Waals surface area contributed by atoms with E-state index < -0.39 is 5.60 Å². The molecule has 0 unspecified atom stereocenters. The molecule has 4 nitrogen and oxygen atoms in total. The van der Waals surface area contributed by atoms with E-state index in [4.69, 9.17) is 4.74 Å². The molecular formula is C13H21NO3. The van der Waals surface area contributed by atoms with Crippen LogP contribution in [0.25, 0.3) is 0 Å². The average Bonchev–Trinajstić information content (AvgIpc) is 2.54. The van der Waals surface area contributed by atoms with Crippen LogP contribution in [0.4, 0.5) is 4.79 Å². The molecule has 0 radical (unpaired) electrons. The molecule has 0 aromatic carbocycles. The van der Waals surface area contributed by atoms with Gasteiger partial charge in [0.15, 0.2) is 0 Å². The van der Waals surface area contributed by atoms with Crippen LogP contribution in [0.5, 0.6) is 0 Å². The fourth-order valence-corrected chi connectivity index (χ4v) is 2.81. The van der Waals surface area contributed by atoms with Gasteiger partial charge in [0.2, 0.25) is 0 Å². The Morgan fingerprint density at radius 1 is 1.35 bits per heavy atom. The molecule has 0 spiro atoms. The van der Waals surface area contributed by atoms with Crippen LogP contribution in [0.2, 0.25) is 0 Å². The first kappa shape index (κ1) is 12.4. The Morgan fingerprint density at radius 3 is 2.71 bits per heavy atom. The molecule has 0 aromatic rings. The summed E-state index contributed by atoms with van der Waals surface area (Å²) in [7, 11) is 0. The van der Waals surface area contributed by atoms with Crippen molar-refractivity contribution >= 4 is 11.9 Å². The molecule has 0 N–H and O–H groups in total. The summed E-state index contributed by atoms with van der Waals surface area (Å²) in [6.07, 6.45) is 2.94. The van der Waals surface area contributed by atoms with Gasteiger partial charge in [0.25, 0.3) is 0 Å². The highest BCUT2D eigenvalue weighted by Crippen LogP contribution is 2.35. The van der Waals surface area contributed by atoms with Crippen LogP contribution in [-0.2, 0) is 9.53 Å². The number of carbonyl (C=O) groups excluding carboxylic acids is 2. The lowest BCUT2D eigenvalue weighted by molar-refractivity contribution is -0.117. The van der Waals surface area contributed by atoms with E-state index in [9.17, 15) is 9.59 Å². The Labute approximate surface area is 102 Å². The van der Waals surface area contributed by atoms with E-state index >= 15 is 0 Å². The third-order valence-corrected chi connectivity index (χ3v) is 3.47. The summed E-state index contributed by atoms with van der Waals surface area (Å²) in [4.78, 5) is 25.3. The van der Waals surface area contributed by atoms with Crippen molar-refractivity contribution in [3.63, 3.8) is 0 Å². The molecule has 4 heteroatoms. The molecule has 1 heterocycles. The second kappa shape index (κ2) is 4.31. The predicted molar refractivity (Wildman–Crippen MR) is 63.7 cm³/mol. The average molecular weight is 239 g/mol. The Hall–Kier alpha value is -1.06. The Morgan fingerprint density at radius 2 is 2.06 bits per heavy atom. The van der Waals surface area contributed by atoms with Crippen LogP contribution in [0.3, 0.4) is 0 Å². The fourth-order valence-electron chi connectivity index (χ4n) is 2.81. The summed E-state index contributed by atoms with van der Waals surface area (Å²) in [6, 6.07) is 0.0890. The SMILES string of the molecule is CC(C)(C)OC(=O)N1CCC[C@@H]2CC(=O)C[C@@H]21. The van der Waals surface area contributed by atoms with Crippen molar-refractivity contribution in [1.29, 1.82) is 0 Å². The number of fused-ring (bicyclic) bond motifs is 1. The molecule has 2 aliphatic rings. The molecule has 1 saturated heterocycles.